The number of hydrogen-bond donors (Lipinski definition) is 1. The number of amides is 2. The summed E-state index contributed by atoms with van der Waals surface area (Å²) in [7, 11) is 1.69. The lowest BCUT2D eigenvalue weighted by Gasteiger charge is -2.24. The highest BCUT2D eigenvalue weighted by Crippen LogP contribution is 2.12. The Morgan fingerprint density at radius 2 is 1.58 bits per heavy atom. The number of rotatable bonds is 7. The Kier molecular flexibility index (Phi) is 5.84. The molecule has 24 heavy (non-hydrogen) atoms. The monoisotopic (exact) mass is 332 g/mol. The van der Waals surface area contributed by atoms with Gasteiger partial charge in [0.05, 0.1) is 0 Å². The van der Waals surface area contributed by atoms with Crippen molar-refractivity contribution < 1.29 is 18.4 Å². The molecule has 2 heterocycles. The van der Waals surface area contributed by atoms with Gasteiger partial charge >= 0.3 is 0 Å². The van der Waals surface area contributed by atoms with Gasteiger partial charge < -0.3 is 19.1 Å². The molecule has 0 spiro atoms. The number of nitrogens with zero attached hydrogens (tertiary/aromatic N) is 1. The van der Waals surface area contributed by atoms with Gasteiger partial charge in [0, 0.05) is 32.5 Å². The van der Waals surface area contributed by atoms with Gasteiger partial charge in [0.25, 0.3) is 11.8 Å². The van der Waals surface area contributed by atoms with E-state index in [2.05, 4.69) is 5.32 Å². The lowest BCUT2D eigenvalue weighted by atomic mass is 10.2. The zero-order valence-corrected chi connectivity index (χ0v) is 14.6. The molecule has 1 atom stereocenters. The molecule has 130 valence electrons. The van der Waals surface area contributed by atoms with Gasteiger partial charge in [-0.25, -0.2) is 0 Å². The minimum absolute atomic E-state index is 0.183. The highest BCUT2D eigenvalue weighted by Gasteiger charge is 2.21. The molecule has 2 rings (SSSR count). The van der Waals surface area contributed by atoms with Gasteiger partial charge in [-0.3, -0.25) is 9.59 Å². The smallest absolute Gasteiger partial charge is 0.289 e. The maximum Gasteiger partial charge on any atom is 0.289 e. The van der Waals surface area contributed by atoms with Crippen molar-refractivity contribution in [1.82, 2.24) is 10.2 Å². The van der Waals surface area contributed by atoms with Crippen molar-refractivity contribution in [3.63, 3.8) is 0 Å². The first-order valence-corrected chi connectivity index (χ1v) is 8.19. The van der Waals surface area contributed by atoms with Gasteiger partial charge in [-0.05, 0) is 31.2 Å². The molecule has 0 saturated carbocycles. The number of furan rings is 2. The van der Waals surface area contributed by atoms with Crippen molar-refractivity contribution in [3.8, 4) is 0 Å². The summed E-state index contributed by atoms with van der Waals surface area (Å²) < 4.78 is 10.9. The molecule has 0 aliphatic rings. The Balaban J connectivity index is 1.89. The highest BCUT2D eigenvalue weighted by molar-refractivity contribution is 5.92. The first-order valence-electron chi connectivity index (χ1n) is 8.19. The van der Waals surface area contributed by atoms with Crippen LogP contribution in [0.25, 0.3) is 0 Å². The van der Waals surface area contributed by atoms with E-state index >= 15 is 0 Å². The molecule has 2 aromatic heterocycles. The predicted octanol–water partition coefficient (Wildman–Crippen LogP) is 2.89. The van der Waals surface area contributed by atoms with Gasteiger partial charge in [0.1, 0.15) is 11.5 Å². The fourth-order valence-corrected chi connectivity index (χ4v) is 2.21. The Hall–Kier alpha value is -2.50. The van der Waals surface area contributed by atoms with E-state index in [1.165, 1.54) is 0 Å². The molecule has 0 unspecified atom stereocenters. The lowest BCUT2D eigenvalue weighted by molar-refractivity contribution is 0.0697. The van der Waals surface area contributed by atoms with Crippen molar-refractivity contribution in [1.29, 1.82) is 0 Å². The zero-order valence-electron chi connectivity index (χ0n) is 14.6. The van der Waals surface area contributed by atoms with E-state index in [1.807, 2.05) is 20.8 Å². The molecule has 0 fully saturated rings. The van der Waals surface area contributed by atoms with Crippen molar-refractivity contribution in [2.45, 2.75) is 39.7 Å². The molecule has 1 N–H and O–H groups in total. The number of aryl methyl sites for hydroxylation is 2. The Morgan fingerprint density at radius 1 is 1.04 bits per heavy atom. The molecule has 0 saturated heterocycles. The van der Waals surface area contributed by atoms with Crippen LogP contribution in [0.5, 0.6) is 0 Å². The number of hydrogen-bond acceptors (Lipinski definition) is 4. The van der Waals surface area contributed by atoms with Crippen LogP contribution in [0.2, 0.25) is 0 Å². The van der Waals surface area contributed by atoms with Crippen molar-refractivity contribution in [2.75, 3.05) is 13.6 Å². The van der Waals surface area contributed by atoms with Gasteiger partial charge in [-0.15, -0.1) is 0 Å². The third kappa shape index (κ3) is 4.07. The Morgan fingerprint density at radius 3 is 2.12 bits per heavy atom. The van der Waals surface area contributed by atoms with Crippen LogP contribution in [0.15, 0.2) is 33.1 Å². The molecule has 2 amide bonds. The molecule has 0 radical (unpaired) electrons. The third-order valence-corrected chi connectivity index (χ3v) is 3.99. The second kappa shape index (κ2) is 7.86. The predicted molar refractivity (Wildman–Crippen MR) is 90.1 cm³/mol. The number of carbonyl (C=O) groups excluding carboxylic acids is 2. The lowest BCUT2D eigenvalue weighted by Crippen LogP contribution is -2.43. The van der Waals surface area contributed by atoms with Crippen LogP contribution in [-0.4, -0.2) is 36.3 Å². The van der Waals surface area contributed by atoms with Crippen molar-refractivity contribution in [2.24, 2.45) is 0 Å². The van der Waals surface area contributed by atoms with Crippen LogP contribution in [0.3, 0.4) is 0 Å². The number of nitrogens with one attached hydrogen (secondary N) is 1. The number of carbonyl (C=O) groups is 2. The summed E-state index contributed by atoms with van der Waals surface area (Å²) in [6, 6.07) is 6.74. The van der Waals surface area contributed by atoms with Gasteiger partial charge in [-0.2, -0.15) is 0 Å². The Bertz CT molecular complexity index is 701. The summed E-state index contributed by atoms with van der Waals surface area (Å²) in [5.41, 5.74) is 0. The summed E-state index contributed by atoms with van der Waals surface area (Å²) in [4.78, 5) is 26.0. The largest absolute Gasteiger partial charge is 0.456 e. The van der Waals surface area contributed by atoms with Crippen molar-refractivity contribution >= 4 is 11.8 Å². The van der Waals surface area contributed by atoms with Crippen LogP contribution < -0.4 is 5.32 Å². The summed E-state index contributed by atoms with van der Waals surface area (Å²) in [6.45, 7) is 6.11. The normalized spacial score (nSPS) is 12.0. The average Bonchev–Trinajstić information content (AvgIpc) is 3.26. The molecule has 0 aliphatic carbocycles. The summed E-state index contributed by atoms with van der Waals surface area (Å²) in [5, 5.41) is 2.78. The molecule has 0 bridgehead atoms. The summed E-state index contributed by atoms with van der Waals surface area (Å²) in [6.07, 6.45) is 1.48. The van der Waals surface area contributed by atoms with Gasteiger partial charge in [0.2, 0.25) is 0 Å². The molecule has 0 aliphatic heterocycles. The minimum atomic E-state index is -0.284. The molecular weight excluding hydrogens is 308 g/mol. The molecule has 0 aromatic carbocycles. The molecule has 6 heteroatoms. The third-order valence-electron chi connectivity index (χ3n) is 3.99. The summed E-state index contributed by atoms with van der Waals surface area (Å²) in [5.74, 6) is 1.65. The first kappa shape index (κ1) is 17.8. The maximum atomic E-state index is 12.4. The van der Waals surface area contributed by atoms with Gasteiger partial charge in [-0.1, -0.05) is 13.8 Å². The quantitative estimate of drug-likeness (QED) is 0.846. The second-order valence-corrected chi connectivity index (χ2v) is 5.71. The van der Waals surface area contributed by atoms with E-state index in [9.17, 15) is 9.59 Å². The standard InChI is InChI=1S/C18H24N2O4/c1-5-13-7-9-15(23-13)17(21)19-11-12(3)20(4)18(22)16-10-8-14(6-2)24-16/h7-10,12H,5-6,11H2,1-4H3,(H,19,21)/t12-/m1/s1. The molecular formula is C18H24N2O4. The average molecular weight is 332 g/mol. The van der Waals surface area contributed by atoms with E-state index in [0.29, 0.717) is 12.3 Å². The van der Waals surface area contributed by atoms with Crippen LogP contribution >= 0.6 is 0 Å². The SMILES string of the molecule is CCc1ccc(C(=O)NC[C@@H](C)N(C)C(=O)c2ccc(CC)o2)o1. The first-order chi connectivity index (χ1) is 11.5. The van der Waals surface area contributed by atoms with Crippen LogP contribution in [-0.2, 0) is 12.8 Å². The van der Waals surface area contributed by atoms with Crippen LogP contribution in [0.1, 0.15) is 53.4 Å². The molecule has 2 aromatic rings. The van der Waals surface area contributed by atoms with Crippen LogP contribution in [0, 0.1) is 0 Å². The van der Waals surface area contributed by atoms with Crippen LogP contribution in [0.4, 0.5) is 0 Å². The fourth-order valence-electron chi connectivity index (χ4n) is 2.21. The number of likely N-dealkylation sites (N-methyl/N-ethyl adjacent to an activating group) is 1. The highest BCUT2D eigenvalue weighted by atomic mass is 16.4. The van der Waals surface area contributed by atoms with E-state index < -0.39 is 0 Å². The summed E-state index contributed by atoms with van der Waals surface area (Å²) >= 11 is 0. The zero-order chi connectivity index (χ0) is 17.7. The van der Waals surface area contributed by atoms with E-state index in [4.69, 9.17) is 8.83 Å². The fraction of sp³-hybridized carbons (Fsp3) is 0.444. The molecule has 6 nitrogen and oxygen atoms in total. The topological polar surface area (TPSA) is 75.7 Å². The van der Waals surface area contributed by atoms with E-state index in [1.54, 1.807) is 36.2 Å². The van der Waals surface area contributed by atoms with Gasteiger partial charge in [0.15, 0.2) is 11.5 Å². The Labute approximate surface area is 141 Å². The second-order valence-electron chi connectivity index (χ2n) is 5.71. The van der Waals surface area contributed by atoms with E-state index in [-0.39, 0.29) is 23.6 Å². The maximum absolute atomic E-state index is 12.4. The minimum Gasteiger partial charge on any atom is -0.456 e. The van der Waals surface area contributed by atoms with E-state index in [0.717, 1.165) is 24.4 Å². The van der Waals surface area contributed by atoms with Crippen molar-refractivity contribution in [3.05, 3.63) is 47.3 Å².